The highest BCUT2D eigenvalue weighted by atomic mass is 32.1. The van der Waals surface area contributed by atoms with Crippen molar-refractivity contribution < 1.29 is 4.52 Å². The minimum absolute atomic E-state index is 0.538. The monoisotopic (exact) mass is 150 g/mol. The molecule has 0 aliphatic heterocycles. The first-order chi connectivity index (χ1) is 4.88. The van der Waals surface area contributed by atoms with Crippen LogP contribution in [0.3, 0.4) is 0 Å². The molecule has 0 atom stereocenters. The second kappa shape index (κ2) is 1.95. The molecule has 0 saturated heterocycles. The second-order valence-corrected chi connectivity index (χ2v) is 2.37. The molecule has 0 unspecified atom stereocenters. The maximum Gasteiger partial charge on any atom is 0.177 e. The zero-order chi connectivity index (χ0) is 6.97. The van der Waals surface area contributed by atoms with Crippen LogP contribution in [0.5, 0.6) is 0 Å². The Balaban J connectivity index is 2.93. The number of benzene rings is 1. The van der Waals surface area contributed by atoms with Crippen LogP contribution >= 0.6 is 12.6 Å². The van der Waals surface area contributed by atoms with Crippen molar-refractivity contribution in [2.24, 2.45) is 0 Å². The Labute approximate surface area is 63.2 Å². The molecule has 10 heavy (non-hydrogen) atoms. The fraction of sp³-hybridized carbons (Fsp3) is 0. The summed E-state index contributed by atoms with van der Waals surface area (Å²) in [4.78, 5) is 0. The third-order valence-electron chi connectivity index (χ3n) is 1.34. The summed E-state index contributed by atoms with van der Waals surface area (Å²) >= 11 is 4.88. The van der Waals surface area contributed by atoms with E-state index in [0.29, 0.717) is 5.03 Å². The molecule has 0 N–H and O–H groups in total. The lowest BCUT2D eigenvalue weighted by atomic mass is 10.3. The molecule has 2 aromatic rings. The molecule has 0 spiro atoms. The summed E-state index contributed by atoms with van der Waals surface area (Å²) in [6.45, 7) is 0. The van der Waals surface area contributed by atoms with Crippen molar-refractivity contribution >= 4 is 23.6 Å². The van der Waals surface area contributed by atoms with Crippen LogP contribution in [0.25, 0.3) is 11.0 Å². The molecule has 0 aliphatic rings. The molecule has 2 nitrogen and oxygen atoms in total. The Hall–Kier alpha value is -1.09. The molecule has 0 saturated carbocycles. The van der Waals surface area contributed by atoms with Gasteiger partial charge in [-0.25, -0.2) is 0 Å². The number of para-hydroxylation sites is 1. The first-order valence-corrected chi connectivity index (χ1v) is 3.30. The van der Waals surface area contributed by atoms with Gasteiger partial charge in [-0.2, -0.15) is 0 Å². The molecular weight excluding hydrogens is 146 g/mol. The summed E-state index contributed by atoms with van der Waals surface area (Å²) in [7, 11) is 0. The smallest absolute Gasteiger partial charge is 0.177 e. The van der Waals surface area contributed by atoms with Gasteiger partial charge in [-0.05, 0) is 12.1 Å². The maximum atomic E-state index is 4.89. The predicted molar refractivity (Wildman–Crippen MR) is 39.9 cm³/mol. The lowest BCUT2D eigenvalue weighted by Crippen LogP contribution is -1.61. The van der Waals surface area contributed by atoms with E-state index < -0.39 is 0 Å². The Morgan fingerprint density at radius 1 is 1.30 bits per heavy atom. The van der Waals surface area contributed by atoms with Gasteiger partial charge in [0.05, 0.1) is 5.39 Å². The molecule has 0 bridgehead atoms. The van der Waals surface area contributed by atoms with E-state index in [9.17, 15) is 0 Å². The van der Waals surface area contributed by atoms with Crippen LogP contribution in [0.15, 0.2) is 33.8 Å². The second-order valence-electron chi connectivity index (χ2n) is 1.98. The lowest BCUT2D eigenvalue weighted by molar-refractivity contribution is 0.437. The molecule has 1 aromatic heterocycles. The van der Waals surface area contributed by atoms with Gasteiger partial charge in [0.15, 0.2) is 10.6 Å². The van der Waals surface area contributed by atoms with Crippen LogP contribution in [0.2, 0.25) is 0 Å². The van der Waals surface area contributed by atoms with Crippen LogP contribution in [-0.4, -0.2) is 5.16 Å². The molecule has 3 heteroatoms. The van der Waals surface area contributed by atoms with Gasteiger partial charge in [0.2, 0.25) is 0 Å². The van der Waals surface area contributed by atoms with E-state index in [1.54, 1.807) is 0 Å². The highest BCUT2D eigenvalue weighted by molar-refractivity contribution is 7.80. The van der Waals surface area contributed by atoms with Gasteiger partial charge in [0.25, 0.3) is 0 Å². The van der Waals surface area contributed by atoms with Crippen LogP contribution in [0, 0.1) is 0 Å². The van der Waals surface area contributed by atoms with E-state index in [4.69, 9.17) is 17.2 Å². The molecular formula is C7H4NOS. The third-order valence-corrected chi connectivity index (χ3v) is 1.64. The Morgan fingerprint density at radius 3 is 2.90 bits per heavy atom. The van der Waals surface area contributed by atoms with Gasteiger partial charge >= 0.3 is 0 Å². The van der Waals surface area contributed by atoms with Crippen molar-refractivity contribution in [3.63, 3.8) is 0 Å². The average molecular weight is 150 g/mol. The number of aromatic nitrogens is 1. The molecule has 1 aromatic carbocycles. The maximum absolute atomic E-state index is 4.89. The van der Waals surface area contributed by atoms with Crippen LogP contribution in [0.4, 0.5) is 0 Å². The molecule has 0 aliphatic carbocycles. The summed E-state index contributed by atoms with van der Waals surface area (Å²) < 4.78 is 4.89. The van der Waals surface area contributed by atoms with Gasteiger partial charge in [0.1, 0.15) is 0 Å². The fourth-order valence-electron chi connectivity index (χ4n) is 0.863. The molecule has 0 amide bonds. The van der Waals surface area contributed by atoms with Crippen molar-refractivity contribution in [1.29, 1.82) is 0 Å². The number of hydrogen-bond acceptors (Lipinski definition) is 2. The zero-order valence-electron chi connectivity index (χ0n) is 5.07. The summed E-state index contributed by atoms with van der Waals surface area (Å²) in [6, 6.07) is 7.55. The van der Waals surface area contributed by atoms with Crippen LogP contribution in [0.1, 0.15) is 0 Å². The summed E-state index contributed by atoms with van der Waals surface area (Å²) in [5.41, 5.74) is 0.757. The Morgan fingerprint density at radius 2 is 2.10 bits per heavy atom. The number of fused-ring (bicyclic) bond motifs is 1. The summed E-state index contributed by atoms with van der Waals surface area (Å²) in [5, 5.41) is 5.09. The average Bonchev–Trinajstić information content (AvgIpc) is 2.34. The lowest BCUT2D eigenvalue weighted by Gasteiger charge is -1.80. The van der Waals surface area contributed by atoms with Crippen LogP contribution in [-0.2, 0) is 0 Å². The van der Waals surface area contributed by atoms with E-state index in [1.165, 1.54) is 0 Å². The predicted octanol–water partition coefficient (Wildman–Crippen LogP) is 2.38. The summed E-state index contributed by atoms with van der Waals surface area (Å²) in [5.74, 6) is 0. The molecule has 0 fully saturated rings. The van der Waals surface area contributed by atoms with E-state index in [-0.39, 0.29) is 0 Å². The van der Waals surface area contributed by atoms with Gasteiger partial charge in [-0.3, -0.25) is 0 Å². The molecule has 1 radical (unpaired) electrons. The van der Waals surface area contributed by atoms with E-state index in [2.05, 4.69) is 5.16 Å². The first-order valence-electron chi connectivity index (χ1n) is 2.89. The number of rotatable bonds is 0. The molecule has 49 valence electrons. The highest BCUT2D eigenvalue weighted by Crippen LogP contribution is 2.19. The van der Waals surface area contributed by atoms with Gasteiger partial charge in [-0.1, -0.05) is 29.9 Å². The van der Waals surface area contributed by atoms with E-state index >= 15 is 0 Å². The largest absolute Gasteiger partial charge is 0.355 e. The Kier molecular flexibility index (Phi) is 1.11. The fourth-order valence-corrected chi connectivity index (χ4v) is 1.07. The minimum Gasteiger partial charge on any atom is -0.355 e. The highest BCUT2D eigenvalue weighted by Gasteiger charge is 2.01. The van der Waals surface area contributed by atoms with Crippen molar-refractivity contribution in [3.8, 4) is 0 Å². The quantitative estimate of drug-likeness (QED) is 0.576. The van der Waals surface area contributed by atoms with Gasteiger partial charge in [-0.15, -0.1) is 0 Å². The molecule has 2 rings (SSSR count). The van der Waals surface area contributed by atoms with E-state index in [0.717, 1.165) is 11.0 Å². The third kappa shape index (κ3) is 0.675. The SMILES string of the molecule is [S]c1noc2ccccc12. The van der Waals surface area contributed by atoms with Crippen molar-refractivity contribution in [2.45, 2.75) is 5.03 Å². The topological polar surface area (TPSA) is 26.0 Å². The van der Waals surface area contributed by atoms with Gasteiger partial charge in [0, 0.05) is 0 Å². The normalized spacial score (nSPS) is 10.4. The van der Waals surface area contributed by atoms with Gasteiger partial charge < -0.3 is 4.52 Å². The van der Waals surface area contributed by atoms with Crippen molar-refractivity contribution in [2.75, 3.05) is 0 Å². The number of nitrogens with zero attached hydrogens (tertiary/aromatic N) is 1. The van der Waals surface area contributed by atoms with E-state index in [1.807, 2.05) is 24.3 Å². The van der Waals surface area contributed by atoms with Crippen molar-refractivity contribution in [3.05, 3.63) is 24.3 Å². The molecule has 1 heterocycles. The summed E-state index contributed by atoms with van der Waals surface area (Å²) in [6.07, 6.45) is 0. The van der Waals surface area contributed by atoms with Crippen molar-refractivity contribution in [1.82, 2.24) is 5.16 Å². The minimum atomic E-state index is 0.538. The van der Waals surface area contributed by atoms with Crippen LogP contribution < -0.4 is 0 Å². The standard InChI is InChI=1S/C7H4NOS/c10-7-5-3-1-2-4-6(5)9-8-7/h1-4H. The zero-order valence-corrected chi connectivity index (χ0v) is 5.89. The first kappa shape index (κ1) is 5.68. The Bertz CT molecular complexity index is 355. The number of hydrogen-bond donors (Lipinski definition) is 0.